The maximum Gasteiger partial charge on any atom is 0.573 e. The fraction of sp³-hybridized carbons (Fsp3) is 0.286. The van der Waals surface area contributed by atoms with Crippen LogP contribution in [0.15, 0.2) is 36.4 Å². The van der Waals surface area contributed by atoms with Gasteiger partial charge in [-0.25, -0.2) is 0 Å². The number of ether oxygens (including phenoxy) is 1. The minimum Gasteiger partial charge on any atom is -0.406 e. The maximum atomic E-state index is 12.2. The third-order valence-corrected chi connectivity index (χ3v) is 3.82. The molecule has 0 spiro atoms. The zero-order valence-corrected chi connectivity index (χ0v) is 11.8. The Kier molecular flexibility index (Phi) is 4.23. The van der Waals surface area contributed by atoms with Crippen LogP contribution in [0.25, 0.3) is 0 Å². The van der Waals surface area contributed by atoms with Gasteiger partial charge >= 0.3 is 6.36 Å². The van der Waals surface area contributed by atoms with Gasteiger partial charge in [0.2, 0.25) is 0 Å². The zero-order valence-electron chi connectivity index (χ0n) is 11.0. The molecule has 0 aliphatic heterocycles. The highest BCUT2D eigenvalue weighted by Crippen LogP contribution is 2.29. The SMILES string of the molecule is Cc1ccc(C(C)Nc2cccc(OC(F)(F)F)c2)s1. The van der Waals surface area contributed by atoms with E-state index in [4.69, 9.17) is 0 Å². The molecule has 2 rings (SSSR count). The van der Waals surface area contributed by atoms with E-state index < -0.39 is 6.36 Å². The molecule has 1 aromatic heterocycles. The van der Waals surface area contributed by atoms with Crippen LogP contribution in [0.3, 0.4) is 0 Å². The molecule has 6 heteroatoms. The molecule has 0 bridgehead atoms. The highest BCUT2D eigenvalue weighted by molar-refractivity contribution is 7.12. The molecule has 1 unspecified atom stereocenters. The molecule has 0 saturated heterocycles. The highest BCUT2D eigenvalue weighted by Gasteiger charge is 2.31. The number of anilines is 1. The van der Waals surface area contributed by atoms with Crippen molar-refractivity contribution in [2.75, 3.05) is 5.32 Å². The Morgan fingerprint density at radius 3 is 2.55 bits per heavy atom. The largest absolute Gasteiger partial charge is 0.573 e. The molecule has 1 N–H and O–H groups in total. The number of thiophene rings is 1. The number of aryl methyl sites for hydroxylation is 1. The van der Waals surface area contributed by atoms with Gasteiger partial charge in [-0.2, -0.15) is 0 Å². The Labute approximate surface area is 119 Å². The third-order valence-electron chi connectivity index (χ3n) is 2.64. The van der Waals surface area contributed by atoms with Gasteiger partial charge in [-0.3, -0.25) is 0 Å². The summed E-state index contributed by atoms with van der Waals surface area (Å²) >= 11 is 1.66. The standard InChI is InChI=1S/C14H14F3NOS/c1-9-6-7-13(20-9)10(2)18-11-4-3-5-12(8-11)19-14(15,16)17/h3-8,10,18H,1-2H3. The van der Waals surface area contributed by atoms with Crippen LogP contribution < -0.4 is 10.1 Å². The Hall–Kier alpha value is -1.69. The molecule has 2 nitrogen and oxygen atoms in total. The number of hydrogen-bond acceptors (Lipinski definition) is 3. The van der Waals surface area contributed by atoms with Crippen LogP contribution >= 0.6 is 11.3 Å². The van der Waals surface area contributed by atoms with E-state index >= 15 is 0 Å². The van der Waals surface area contributed by atoms with Gasteiger partial charge in [-0.15, -0.1) is 24.5 Å². The van der Waals surface area contributed by atoms with Crippen molar-refractivity contribution in [3.8, 4) is 5.75 Å². The van der Waals surface area contributed by atoms with Crippen molar-refractivity contribution >= 4 is 17.0 Å². The molecule has 1 atom stereocenters. The number of alkyl halides is 3. The summed E-state index contributed by atoms with van der Waals surface area (Å²) in [6.07, 6.45) is -4.67. The van der Waals surface area contributed by atoms with Crippen molar-refractivity contribution in [3.05, 3.63) is 46.2 Å². The quantitative estimate of drug-likeness (QED) is 0.845. The summed E-state index contributed by atoms with van der Waals surface area (Å²) in [5.41, 5.74) is 0.588. The van der Waals surface area contributed by atoms with Gasteiger partial charge in [0.25, 0.3) is 0 Å². The Morgan fingerprint density at radius 1 is 1.20 bits per heavy atom. The van der Waals surface area contributed by atoms with Gasteiger partial charge in [0.1, 0.15) is 5.75 Å². The van der Waals surface area contributed by atoms with Crippen LogP contribution in [0, 0.1) is 6.92 Å². The highest BCUT2D eigenvalue weighted by atomic mass is 32.1. The molecule has 0 fully saturated rings. The normalized spacial score (nSPS) is 13.1. The van der Waals surface area contributed by atoms with Gasteiger partial charge in [-0.1, -0.05) is 6.07 Å². The Morgan fingerprint density at radius 2 is 1.95 bits per heavy atom. The van der Waals surface area contributed by atoms with Crippen LogP contribution in [-0.4, -0.2) is 6.36 Å². The molecular formula is C14H14F3NOS. The van der Waals surface area contributed by atoms with Crippen molar-refractivity contribution in [2.45, 2.75) is 26.3 Å². The molecule has 0 aliphatic rings. The van der Waals surface area contributed by atoms with E-state index in [1.54, 1.807) is 17.4 Å². The smallest absolute Gasteiger partial charge is 0.406 e. The maximum absolute atomic E-state index is 12.2. The lowest BCUT2D eigenvalue weighted by molar-refractivity contribution is -0.274. The summed E-state index contributed by atoms with van der Waals surface area (Å²) < 4.78 is 40.4. The second-order valence-corrected chi connectivity index (χ2v) is 5.71. The molecule has 0 radical (unpaired) electrons. The first-order valence-electron chi connectivity index (χ1n) is 6.02. The molecular weight excluding hydrogens is 287 g/mol. The van der Waals surface area contributed by atoms with Crippen molar-refractivity contribution in [2.24, 2.45) is 0 Å². The summed E-state index contributed by atoms with van der Waals surface area (Å²) in [6, 6.07) is 9.89. The first kappa shape index (κ1) is 14.7. The zero-order chi connectivity index (χ0) is 14.8. The first-order valence-corrected chi connectivity index (χ1v) is 6.84. The predicted octanol–water partition coefficient (Wildman–Crippen LogP) is 5.13. The topological polar surface area (TPSA) is 21.3 Å². The van der Waals surface area contributed by atoms with Crippen molar-refractivity contribution < 1.29 is 17.9 Å². The van der Waals surface area contributed by atoms with Crippen molar-refractivity contribution in [1.82, 2.24) is 0 Å². The van der Waals surface area contributed by atoms with Crippen LogP contribution in [0.1, 0.15) is 22.7 Å². The summed E-state index contributed by atoms with van der Waals surface area (Å²) in [6.45, 7) is 3.97. The molecule has 108 valence electrons. The van der Waals surface area contributed by atoms with Crippen molar-refractivity contribution in [3.63, 3.8) is 0 Å². The summed E-state index contributed by atoms with van der Waals surface area (Å²) in [7, 11) is 0. The molecule has 1 heterocycles. The number of halogens is 3. The number of benzene rings is 1. The van der Waals surface area contributed by atoms with E-state index in [-0.39, 0.29) is 11.8 Å². The monoisotopic (exact) mass is 301 g/mol. The number of hydrogen-bond donors (Lipinski definition) is 1. The predicted molar refractivity (Wildman–Crippen MR) is 74.2 cm³/mol. The van der Waals surface area contributed by atoms with Gasteiger partial charge in [0.05, 0.1) is 6.04 Å². The van der Waals surface area contributed by atoms with Crippen LogP contribution in [0.2, 0.25) is 0 Å². The Bertz CT molecular complexity index is 580. The van der Waals surface area contributed by atoms with Gasteiger partial charge in [-0.05, 0) is 38.1 Å². The van der Waals surface area contributed by atoms with Gasteiger partial charge in [0.15, 0.2) is 0 Å². The van der Waals surface area contributed by atoms with Crippen LogP contribution in [-0.2, 0) is 0 Å². The molecule has 1 aromatic carbocycles. The summed E-state index contributed by atoms with van der Waals surface area (Å²) in [4.78, 5) is 2.33. The van der Waals surface area contributed by atoms with E-state index in [0.717, 1.165) is 4.88 Å². The van der Waals surface area contributed by atoms with Crippen molar-refractivity contribution in [1.29, 1.82) is 0 Å². The average molecular weight is 301 g/mol. The lowest BCUT2D eigenvalue weighted by atomic mass is 10.2. The van der Waals surface area contributed by atoms with Crippen LogP contribution in [0.5, 0.6) is 5.75 Å². The lowest BCUT2D eigenvalue weighted by Crippen LogP contribution is -2.17. The molecule has 0 aliphatic carbocycles. The van der Waals surface area contributed by atoms with E-state index in [1.807, 2.05) is 26.0 Å². The summed E-state index contributed by atoms with van der Waals surface area (Å²) in [5.74, 6) is -0.225. The fourth-order valence-electron chi connectivity index (χ4n) is 1.79. The van der Waals surface area contributed by atoms with E-state index in [9.17, 15) is 13.2 Å². The number of rotatable bonds is 4. The Balaban J connectivity index is 2.08. The minimum atomic E-state index is -4.67. The average Bonchev–Trinajstić information content (AvgIpc) is 2.74. The second kappa shape index (κ2) is 5.75. The van der Waals surface area contributed by atoms with Gasteiger partial charge < -0.3 is 10.1 Å². The molecule has 0 amide bonds. The molecule has 2 aromatic rings. The summed E-state index contributed by atoms with van der Waals surface area (Å²) in [5, 5.41) is 3.16. The molecule has 0 saturated carbocycles. The third kappa shape index (κ3) is 4.16. The van der Waals surface area contributed by atoms with E-state index in [0.29, 0.717) is 5.69 Å². The van der Waals surface area contributed by atoms with Crippen LogP contribution in [0.4, 0.5) is 18.9 Å². The fourth-order valence-corrected chi connectivity index (χ4v) is 2.67. The minimum absolute atomic E-state index is 0.0230. The van der Waals surface area contributed by atoms with E-state index in [1.165, 1.54) is 23.1 Å². The van der Waals surface area contributed by atoms with E-state index in [2.05, 4.69) is 10.1 Å². The van der Waals surface area contributed by atoms with Gasteiger partial charge in [0, 0.05) is 21.5 Å². The first-order chi connectivity index (χ1) is 9.33. The lowest BCUT2D eigenvalue weighted by Gasteiger charge is -2.15. The number of nitrogens with one attached hydrogen (secondary N) is 1. The molecule has 20 heavy (non-hydrogen) atoms. The second-order valence-electron chi connectivity index (χ2n) is 4.39.